The second-order valence-corrected chi connectivity index (χ2v) is 8.25. The van der Waals surface area contributed by atoms with Crippen LogP contribution in [0.25, 0.3) is 11.1 Å². The number of aromatic nitrogens is 2. The van der Waals surface area contributed by atoms with Crippen molar-refractivity contribution >= 4 is 5.91 Å². The predicted octanol–water partition coefficient (Wildman–Crippen LogP) is 0.579. The average molecular weight is 380 g/mol. The molecule has 2 aromatic heterocycles. The van der Waals surface area contributed by atoms with Gasteiger partial charge in [-0.05, 0) is 36.5 Å². The van der Waals surface area contributed by atoms with Gasteiger partial charge in [-0.1, -0.05) is 6.07 Å². The summed E-state index contributed by atoms with van der Waals surface area (Å²) in [7, 11) is 0. The van der Waals surface area contributed by atoms with E-state index < -0.39 is 6.10 Å². The largest absolute Gasteiger partial charge is 0.392 e. The topological polar surface area (TPSA) is 87.5 Å². The summed E-state index contributed by atoms with van der Waals surface area (Å²) < 4.78 is 1.89. The number of aliphatic hydroxyl groups excluding tert-OH is 1. The van der Waals surface area contributed by atoms with Crippen molar-refractivity contribution in [3.63, 3.8) is 0 Å². The number of β-amino-alcohol motifs (C(OH)–C–C–N with tert-alkyl or cyclic N) is 1. The van der Waals surface area contributed by atoms with E-state index in [2.05, 4.69) is 16.4 Å². The zero-order chi connectivity index (χ0) is 19.3. The molecule has 146 valence electrons. The van der Waals surface area contributed by atoms with Crippen LogP contribution in [-0.2, 0) is 11.3 Å². The lowest BCUT2D eigenvalue weighted by atomic mass is 9.82. The Bertz CT molecular complexity index is 958. The SMILES string of the molecule is O=C([C@@H]1C[C@@H](O)CN1)N1C[C@@H]2C[C@H](C1)c1cc(-c3cccnc3)cc(=O)n1C2. The molecule has 2 N–H and O–H groups in total. The van der Waals surface area contributed by atoms with Crippen molar-refractivity contribution in [2.75, 3.05) is 19.6 Å². The molecule has 0 saturated carbocycles. The molecule has 0 unspecified atom stereocenters. The Balaban J connectivity index is 1.45. The summed E-state index contributed by atoms with van der Waals surface area (Å²) in [6, 6.07) is 7.31. The van der Waals surface area contributed by atoms with Crippen LogP contribution in [0.15, 0.2) is 41.5 Å². The van der Waals surface area contributed by atoms with Gasteiger partial charge in [0.1, 0.15) is 0 Å². The molecule has 5 rings (SSSR count). The molecule has 7 heteroatoms. The third-order valence-corrected chi connectivity index (χ3v) is 6.27. The number of rotatable bonds is 2. The molecule has 0 spiro atoms. The van der Waals surface area contributed by atoms with Crippen LogP contribution in [-0.4, -0.2) is 57.2 Å². The van der Waals surface area contributed by atoms with Crippen molar-refractivity contribution in [1.82, 2.24) is 19.8 Å². The molecule has 4 atom stereocenters. The number of likely N-dealkylation sites (tertiary alicyclic amines) is 1. The minimum absolute atomic E-state index is 0.0198. The van der Waals surface area contributed by atoms with Gasteiger partial charge in [-0.3, -0.25) is 14.6 Å². The summed E-state index contributed by atoms with van der Waals surface area (Å²) in [6.45, 7) is 2.44. The summed E-state index contributed by atoms with van der Waals surface area (Å²) in [5, 5.41) is 12.9. The van der Waals surface area contributed by atoms with Crippen LogP contribution in [0.1, 0.15) is 24.5 Å². The zero-order valence-electron chi connectivity index (χ0n) is 15.6. The smallest absolute Gasteiger partial charge is 0.251 e. The first-order valence-corrected chi connectivity index (χ1v) is 9.94. The fourth-order valence-corrected chi connectivity index (χ4v) is 4.96. The molecule has 28 heavy (non-hydrogen) atoms. The number of carbonyl (C=O) groups is 1. The molecule has 0 aliphatic carbocycles. The maximum Gasteiger partial charge on any atom is 0.251 e. The first-order chi connectivity index (χ1) is 13.6. The molecule has 5 heterocycles. The van der Waals surface area contributed by atoms with Crippen LogP contribution >= 0.6 is 0 Å². The van der Waals surface area contributed by atoms with Gasteiger partial charge in [0.05, 0.1) is 12.1 Å². The van der Waals surface area contributed by atoms with Crippen LogP contribution in [0.4, 0.5) is 0 Å². The number of aliphatic hydroxyl groups is 1. The zero-order valence-corrected chi connectivity index (χ0v) is 15.6. The van der Waals surface area contributed by atoms with Crippen molar-refractivity contribution in [2.45, 2.75) is 37.5 Å². The van der Waals surface area contributed by atoms with E-state index in [1.165, 1.54) is 0 Å². The Hall–Kier alpha value is -2.51. The number of hydrogen-bond donors (Lipinski definition) is 2. The highest BCUT2D eigenvalue weighted by Crippen LogP contribution is 2.37. The number of nitrogens with one attached hydrogen (secondary N) is 1. The van der Waals surface area contributed by atoms with Gasteiger partial charge >= 0.3 is 0 Å². The fourth-order valence-electron chi connectivity index (χ4n) is 4.96. The number of piperidine rings is 1. The number of hydrogen-bond acceptors (Lipinski definition) is 5. The Labute approximate surface area is 163 Å². The van der Waals surface area contributed by atoms with Crippen molar-refractivity contribution in [2.24, 2.45) is 5.92 Å². The van der Waals surface area contributed by atoms with E-state index in [0.717, 1.165) is 23.2 Å². The molecule has 1 amide bonds. The summed E-state index contributed by atoms with van der Waals surface area (Å²) in [5.74, 6) is 0.529. The van der Waals surface area contributed by atoms with Crippen molar-refractivity contribution < 1.29 is 9.90 Å². The van der Waals surface area contributed by atoms with Gasteiger partial charge in [-0.25, -0.2) is 0 Å². The summed E-state index contributed by atoms with van der Waals surface area (Å²) in [5.41, 5.74) is 2.84. The van der Waals surface area contributed by atoms with Gasteiger partial charge in [-0.15, -0.1) is 0 Å². The Morgan fingerprint density at radius 2 is 2.07 bits per heavy atom. The number of pyridine rings is 2. The molecule has 2 bridgehead atoms. The molecule has 3 aliphatic rings. The number of amides is 1. The van der Waals surface area contributed by atoms with Crippen molar-refractivity contribution in [3.05, 3.63) is 52.7 Å². The van der Waals surface area contributed by atoms with E-state index in [1.807, 2.05) is 21.6 Å². The maximum atomic E-state index is 12.9. The van der Waals surface area contributed by atoms with E-state index in [0.29, 0.717) is 38.5 Å². The minimum Gasteiger partial charge on any atom is -0.392 e. The van der Waals surface area contributed by atoms with Gasteiger partial charge in [0.2, 0.25) is 5.91 Å². The summed E-state index contributed by atoms with van der Waals surface area (Å²) in [6.07, 6.45) is 4.52. The van der Waals surface area contributed by atoms with E-state index in [9.17, 15) is 14.7 Å². The molecule has 3 aliphatic heterocycles. The highest BCUT2D eigenvalue weighted by Gasteiger charge is 2.39. The van der Waals surface area contributed by atoms with Crippen molar-refractivity contribution in [1.29, 1.82) is 0 Å². The van der Waals surface area contributed by atoms with Gasteiger partial charge in [-0.2, -0.15) is 0 Å². The first-order valence-electron chi connectivity index (χ1n) is 9.94. The highest BCUT2D eigenvalue weighted by atomic mass is 16.3. The normalized spacial score (nSPS) is 28.8. The van der Waals surface area contributed by atoms with Crippen LogP contribution in [0, 0.1) is 5.92 Å². The second-order valence-electron chi connectivity index (χ2n) is 8.25. The second kappa shape index (κ2) is 6.83. The molecule has 0 radical (unpaired) electrons. The number of nitrogens with zero attached hydrogens (tertiary/aromatic N) is 3. The molecular weight excluding hydrogens is 356 g/mol. The molecule has 2 aromatic rings. The number of carbonyl (C=O) groups excluding carboxylic acids is 1. The van der Waals surface area contributed by atoms with Gasteiger partial charge in [0, 0.05) is 61.8 Å². The minimum atomic E-state index is -0.445. The standard InChI is InChI=1S/C21H24N4O3/c26-17-7-18(23-9-17)21(28)24-10-13-4-16(12-24)19-5-15(6-20(27)25(19)11-13)14-2-1-3-22-8-14/h1-3,5-6,8,13,16-18,23,26H,4,7,9-12H2/t13-,16+,17+,18-/m0/s1. The predicted molar refractivity (Wildman–Crippen MR) is 104 cm³/mol. The van der Waals surface area contributed by atoms with Gasteiger partial charge in [0.25, 0.3) is 5.56 Å². The van der Waals surface area contributed by atoms with Gasteiger partial charge in [0.15, 0.2) is 0 Å². The molecular formula is C21H24N4O3. The van der Waals surface area contributed by atoms with E-state index >= 15 is 0 Å². The van der Waals surface area contributed by atoms with Gasteiger partial charge < -0.3 is 19.9 Å². The lowest BCUT2D eigenvalue weighted by Gasteiger charge is -2.43. The lowest BCUT2D eigenvalue weighted by molar-refractivity contribution is -0.136. The van der Waals surface area contributed by atoms with Crippen LogP contribution in [0.2, 0.25) is 0 Å². The van der Waals surface area contributed by atoms with E-state index in [-0.39, 0.29) is 23.4 Å². The van der Waals surface area contributed by atoms with Crippen LogP contribution in [0.3, 0.4) is 0 Å². The first kappa shape index (κ1) is 17.6. The number of fused-ring (bicyclic) bond motifs is 4. The third kappa shape index (κ3) is 3.04. The van der Waals surface area contributed by atoms with Crippen molar-refractivity contribution in [3.8, 4) is 11.1 Å². The molecule has 0 aromatic carbocycles. The fraction of sp³-hybridized carbons (Fsp3) is 0.476. The Kier molecular flexibility index (Phi) is 4.29. The Morgan fingerprint density at radius 1 is 1.18 bits per heavy atom. The quantitative estimate of drug-likeness (QED) is 0.796. The maximum absolute atomic E-state index is 12.9. The summed E-state index contributed by atoms with van der Waals surface area (Å²) >= 11 is 0. The molecule has 7 nitrogen and oxygen atoms in total. The van der Waals surface area contributed by atoms with E-state index in [1.54, 1.807) is 18.5 Å². The molecule has 2 saturated heterocycles. The Morgan fingerprint density at radius 3 is 2.82 bits per heavy atom. The average Bonchev–Trinajstić information content (AvgIpc) is 3.15. The molecule has 2 fully saturated rings. The third-order valence-electron chi connectivity index (χ3n) is 6.27. The lowest BCUT2D eigenvalue weighted by Crippen LogP contribution is -2.53. The monoisotopic (exact) mass is 380 g/mol. The summed E-state index contributed by atoms with van der Waals surface area (Å²) in [4.78, 5) is 31.8. The van der Waals surface area contributed by atoms with Crippen LogP contribution in [0.5, 0.6) is 0 Å². The highest BCUT2D eigenvalue weighted by molar-refractivity contribution is 5.82. The van der Waals surface area contributed by atoms with E-state index in [4.69, 9.17) is 0 Å². The van der Waals surface area contributed by atoms with Crippen LogP contribution < -0.4 is 10.9 Å².